The minimum Gasteiger partial charge on any atom is -0.346 e. The lowest BCUT2D eigenvalue weighted by molar-refractivity contribution is 0.0909. The molecule has 1 fully saturated rings. The molecule has 5 nitrogen and oxygen atoms in total. The van der Waals surface area contributed by atoms with Gasteiger partial charge >= 0.3 is 0 Å². The minimum atomic E-state index is -0.115. The number of halogens is 2. The molecule has 1 aromatic heterocycles. The highest BCUT2D eigenvalue weighted by Crippen LogP contribution is 2.25. The predicted molar refractivity (Wildman–Crippen MR) is 85.5 cm³/mol. The van der Waals surface area contributed by atoms with Crippen molar-refractivity contribution in [3.05, 3.63) is 15.9 Å². The summed E-state index contributed by atoms with van der Waals surface area (Å²) in [5.41, 5.74) is 1.40. The van der Waals surface area contributed by atoms with E-state index >= 15 is 0 Å². The Bertz CT molecular complexity index is 463. The lowest BCUT2D eigenvalue weighted by Gasteiger charge is -2.30. The van der Waals surface area contributed by atoms with Crippen LogP contribution >= 0.6 is 28.3 Å². The van der Waals surface area contributed by atoms with Crippen molar-refractivity contribution in [1.82, 2.24) is 20.8 Å². The van der Waals surface area contributed by atoms with E-state index < -0.39 is 0 Å². The fourth-order valence-corrected chi connectivity index (χ4v) is 3.11. The van der Waals surface area contributed by atoms with E-state index in [9.17, 15) is 4.79 Å². The molecule has 0 radical (unpaired) electrons. The summed E-state index contributed by atoms with van der Waals surface area (Å²) in [6.07, 6.45) is 1.09. The molecule has 0 bridgehead atoms. The fraction of sp³-hybridized carbons (Fsp3) is 0.692. The van der Waals surface area contributed by atoms with Gasteiger partial charge in [0, 0.05) is 12.6 Å². The summed E-state index contributed by atoms with van der Waals surface area (Å²) in [5.74, 6) is 0.682. The summed E-state index contributed by atoms with van der Waals surface area (Å²) in [6.45, 7) is 8.15. The van der Waals surface area contributed by atoms with Gasteiger partial charge in [-0.25, -0.2) is 0 Å². The van der Waals surface area contributed by atoms with Crippen LogP contribution in [0, 0.1) is 5.92 Å². The molecule has 7 heteroatoms. The van der Waals surface area contributed by atoms with Crippen molar-refractivity contribution >= 4 is 34.2 Å². The smallest absolute Gasteiger partial charge is 0.273 e. The molecule has 1 aromatic rings. The number of hydrogen-bond acceptors (Lipinski definition) is 3. The van der Waals surface area contributed by atoms with Gasteiger partial charge in [-0.05, 0) is 40.7 Å². The first-order valence-electron chi connectivity index (χ1n) is 6.76. The number of nitrogens with one attached hydrogen (secondary N) is 3. The number of aromatic nitrogens is 2. The first kappa shape index (κ1) is 17.5. The zero-order chi connectivity index (χ0) is 14.0. The van der Waals surface area contributed by atoms with Gasteiger partial charge in [-0.2, -0.15) is 5.10 Å². The molecule has 20 heavy (non-hydrogen) atoms. The number of hydrogen-bond donors (Lipinski definition) is 3. The van der Waals surface area contributed by atoms with Crippen LogP contribution < -0.4 is 10.6 Å². The lowest BCUT2D eigenvalue weighted by atomic mass is 9.95. The summed E-state index contributed by atoms with van der Waals surface area (Å²) in [4.78, 5) is 12.3. The Balaban J connectivity index is 0.00000200. The second kappa shape index (κ2) is 7.43. The summed E-state index contributed by atoms with van der Waals surface area (Å²) in [6, 6.07) is 0.173. The molecule has 3 N–H and O–H groups in total. The first-order chi connectivity index (χ1) is 9.00. The first-order valence-corrected chi connectivity index (χ1v) is 7.55. The third-order valence-corrected chi connectivity index (χ3v) is 4.47. The molecular formula is C13H22BrClN4O. The van der Waals surface area contributed by atoms with Gasteiger partial charge in [-0.15, -0.1) is 12.4 Å². The molecule has 0 saturated carbocycles. The standard InChI is InChI=1S/C13H21BrN4O.ClH/c1-7(2)11-10(14)12(18-17-11)13(19)16-9-6-15-5-4-8(9)3;/h7-9,15H,4-6H2,1-3H3,(H,16,19)(H,17,18);1H. The van der Waals surface area contributed by atoms with Crippen LogP contribution in [0.1, 0.15) is 49.3 Å². The summed E-state index contributed by atoms with van der Waals surface area (Å²) in [7, 11) is 0. The quantitative estimate of drug-likeness (QED) is 0.770. The number of piperidine rings is 1. The van der Waals surface area contributed by atoms with Crippen LogP contribution in [0.5, 0.6) is 0 Å². The van der Waals surface area contributed by atoms with E-state index in [0.717, 1.165) is 29.7 Å². The Morgan fingerprint density at radius 1 is 1.50 bits per heavy atom. The second-order valence-electron chi connectivity index (χ2n) is 5.50. The molecule has 2 atom stereocenters. The van der Waals surface area contributed by atoms with Gasteiger partial charge in [0.2, 0.25) is 0 Å². The lowest BCUT2D eigenvalue weighted by Crippen LogP contribution is -2.50. The van der Waals surface area contributed by atoms with Gasteiger partial charge in [0.1, 0.15) is 0 Å². The van der Waals surface area contributed by atoms with Crippen LogP contribution in [0.2, 0.25) is 0 Å². The number of aromatic amines is 1. The molecule has 1 saturated heterocycles. The number of H-pyrrole nitrogens is 1. The molecule has 0 spiro atoms. The number of carbonyl (C=O) groups excluding carboxylic acids is 1. The van der Waals surface area contributed by atoms with Crippen molar-refractivity contribution in [2.45, 2.75) is 39.2 Å². The van der Waals surface area contributed by atoms with Gasteiger partial charge < -0.3 is 10.6 Å². The Labute approximate surface area is 134 Å². The van der Waals surface area contributed by atoms with Crippen molar-refractivity contribution in [1.29, 1.82) is 0 Å². The topological polar surface area (TPSA) is 69.8 Å². The maximum Gasteiger partial charge on any atom is 0.273 e. The highest BCUT2D eigenvalue weighted by Gasteiger charge is 2.26. The van der Waals surface area contributed by atoms with Crippen molar-refractivity contribution in [3.8, 4) is 0 Å². The number of amides is 1. The van der Waals surface area contributed by atoms with Crippen molar-refractivity contribution in [2.75, 3.05) is 13.1 Å². The minimum absolute atomic E-state index is 0. The van der Waals surface area contributed by atoms with Gasteiger partial charge in [0.15, 0.2) is 5.69 Å². The monoisotopic (exact) mass is 364 g/mol. The Kier molecular flexibility index (Phi) is 6.48. The van der Waals surface area contributed by atoms with Crippen LogP contribution in [-0.4, -0.2) is 35.2 Å². The summed E-state index contributed by atoms with van der Waals surface area (Å²) >= 11 is 3.46. The van der Waals surface area contributed by atoms with Crippen molar-refractivity contribution < 1.29 is 4.79 Å². The number of nitrogens with zero attached hydrogens (tertiary/aromatic N) is 1. The van der Waals surface area contributed by atoms with Crippen LogP contribution in [0.25, 0.3) is 0 Å². The molecule has 2 rings (SSSR count). The number of rotatable bonds is 3. The molecular weight excluding hydrogens is 344 g/mol. The molecule has 2 unspecified atom stereocenters. The average Bonchev–Trinajstić information content (AvgIpc) is 2.74. The van der Waals surface area contributed by atoms with E-state index in [-0.39, 0.29) is 24.4 Å². The largest absolute Gasteiger partial charge is 0.346 e. The number of carbonyl (C=O) groups is 1. The fourth-order valence-electron chi connectivity index (χ4n) is 2.29. The van der Waals surface area contributed by atoms with Crippen molar-refractivity contribution in [3.63, 3.8) is 0 Å². The highest BCUT2D eigenvalue weighted by atomic mass is 79.9. The molecule has 1 aliphatic heterocycles. The van der Waals surface area contributed by atoms with Gasteiger partial charge in [-0.3, -0.25) is 9.89 Å². The maximum atomic E-state index is 12.3. The molecule has 0 aromatic carbocycles. The maximum absolute atomic E-state index is 12.3. The Morgan fingerprint density at radius 3 is 2.75 bits per heavy atom. The Hall–Kier alpha value is -0.590. The zero-order valence-corrected chi connectivity index (χ0v) is 14.4. The molecule has 1 aliphatic rings. The molecule has 2 heterocycles. The zero-order valence-electron chi connectivity index (χ0n) is 12.0. The molecule has 114 valence electrons. The average molecular weight is 366 g/mol. The normalized spacial score (nSPS) is 22.4. The van der Waals surface area contributed by atoms with Gasteiger partial charge in [0.25, 0.3) is 5.91 Å². The predicted octanol–water partition coefficient (Wildman–Crippen LogP) is 2.45. The van der Waals surface area contributed by atoms with Gasteiger partial charge in [-0.1, -0.05) is 20.8 Å². The van der Waals surface area contributed by atoms with Crippen molar-refractivity contribution in [2.24, 2.45) is 5.92 Å². The van der Waals surface area contributed by atoms with Crippen LogP contribution in [-0.2, 0) is 0 Å². The van der Waals surface area contributed by atoms with Gasteiger partial charge in [0.05, 0.1) is 10.2 Å². The van der Waals surface area contributed by atoms with E-state index in [0.29, 0.717) is 17.5 Å². The molecule has 1 amide bonds. The van der Waals surface area contributed by atoms with E-state index in [2.05, 4.69) is 57.5 Å². The Morgan fingerprint density at radius 2 is 2.20 bits per heavy atom. The van der Waals surface area contributed by atoms with E-state index in [1.54, 1.807) is 0 Å². The van der Waals surface area contributed by atoms with E-state index in [1.165, 1.54) is 0 Å². The highest BCUT2D eigenvalue weighted by molar-refractivity contribution is 9.10. The van der Waals surface area contributed by atoms with Crippen LogP contribution in [0.3, 0.4) is 0 Å². The van der Waals surface area contributed by atoms with E-state index in [4.69, 9.17) is 0 Å². The van der Waals surface area contributed by atoms with Crippen LogP contribution in [0.15, 0.2) is 4.47 Å². The van der Waals surface area contributed by atoms with E-state index in [1.807, 2.05) is 0 Å². The third kappa shape index (κ3) is 3.74. The summed E-state index contributed by atoms with van der Waals surface area (Å²) < 4.78 is 0.774. The second-order valence-corrected chi connectivity index (χ2v) is 6.30. The SMILES string of the molecule is CC(C)c1[nH]nc(C(=O)NC2CNCCC2C)c1Br.Cl. The summed E-state index contributed by atoms with van der Waals surface area (Å²) in [5, 5.41) is 13.4. The third-order valence-electron chi connectivity index (χ3n) is 3.67. The van der Waals surface area contributed by atoms with Crippen LogP contribution in [0.4, 0.5) is 0 Å². The molecule has 0 aliphatic carbocycles.